The van der Waals surface area contributed by atoms with E-state index in [9.17, 15) is 19.5 Å². The molecule has 0 aliphatic heterocycles. The lowest BCUT2D eigenvalue weighted by Crippen LogP contribution is -2.33. The molecule has 0 bridgehead atoms. The Kier molecular flexibility index (Phi) is 3.96. The van der Waals surface area contributed by atoms with Crippen molar-refractivity contribution in [3.8, 4) is 0 Å². The smallest absolute Gasteiger partial charge is 0.315 e. The van der Waals surface area contributed by atoms with E-state index in [0.29, 0.717) is 5.57 Å². The van der Waals surface area contributed by atoms with Crippen molar-refractivity contribution in [2.24, 2.45) is 5.92 Å². The van der Waals surface area contributed by atoms with Crippen LogP contribution in [-0.4, -0.2) is 35.9 Å². The summed E-state index contributed by atoms with van der Waals surface area (Å²) in [5, 5.41) is 9.51. The Labute approximate surface area is 98.8 Å². The number of esters is 1. The van der Waals surface area contributed by atoms with Crippen LogP contribution in [0.1, 0.15) is 13.8 Å². The van der Waals surface area contributed by atoms with Gasteiger partial charge in [0.25, 0.3) is 0 Å². The molecule has 0 saturated heterocycles. The lowest BCUT2D eigenvalue weighted by atomic mass is 9.86. The zero-order valence-corrected chi connectivity index (χ0v) is 9.89. The second-order valence-corrected chi connectivity index (χ2v) is 3.90. The van der Waals surface area contributed by atoms with Gasteiger partial charge in [-0.2, -0.15) is 0 Å². The lowest BCUT2D eigenvalue weighted by molar-refractivity contribution is -0.147. The van der Waals surface area contributed by atoms with Gasteiger partial charge < -0.3 is 9.84 Å². The molecule has 1 rings (SSSR count). The first kappa shape index (κ1) is 13.3. The molecule has 2 atom stereocenters. The summed E-state index contributed by atoms with van der Waals surface area (Å²) < 4.78 is 4.51. The van der Waals surface area contributed by atoms with Crippen LogP contribution in [-0.2, 0) is 19.1 Å². The van der Waals surface area contributed by atoms with Gasteiger partial charge in [0.1, 0.15) is 5.92 Å². The first-order valence-electron chi connectivity index (χ1n) is 5.13. The van der Waals surface area contributed by atoms with Gasteiger partial charge in [-0.05, 0) is 26.0 Å². The summed E-state index contributed by atoms with van der Waals surface area (Å²) in [5.74, 6) is -2.64. The van der Waals surface area contributed by atoms with Crippen molar-refractivity contribution in [2.45, 2.75) is 20.0 Å². The number of ketones is 2. The number of hydrogen-bond donors (Lipinski definition) is 1. The van der Waals surface area contributed by atoms with Crippen LogP contribution in [0.5, 0.6) is 0 Å². The predicted molar refractivity (Wildman–Crippen MR) is 59.0 cm³/mol. The van der Waals surface area contributed by atoms with Crippen molar-refractivity contribution < 1.29 is 24.2 Å². The van der Waals surface area contributed by atoms with Gasteiger partial charge in [-0.15, -0.1) is 0 Å². The van der Waals surface area contributed by atoms with Crippen molar-refractivity contribution in [2.75, 3.05) is 7.11 Å². The van der Waals surface area contributed by atoms with E-state index >= 15 is 0 Å². The minimum Gasteiger partial charge on any atom is -0.468 e. The molecule has 1 N–H and O–H groups in total. The predicted octanol–water partition coefficient (Wildman–Crippen LogP) is 0.181. The third-order valence-electron chi connectivity index (χ3n) is 2.58. The maximum Gasteiger partial charge on any atom is 0.315 e. The third kappa shape index (κ3) is 2.68. The van der Waals surface area contributed by atoms with Gasteiger partial charge in [0.2, 0.25) is 0 Å². The average Bonchev–Trinajstić information content (AvgIpc) is 2.25. The molecule has 0 spiro atoms. The first-order chi connectivity index (χ1) is 7.88. The SMILES string of the molecule is COC(=O)C(C1=CC(=O)C(C)=CC1=O)C(C)O. The summed E-state index contributed by atoms with van der Waals surface area (Å²) in [4.78, 5) is 34.6. The summed E-state index contributed by atoms with van der Waals surface area (Å²) in [6.07, 6.45) is 1.15. The highest BCUT2D eigenvalue weighted by Crippen LogP contribution is 2.23. The van der Waals surface area contributed by atoms with Crippen LogP contribution >= 0.6 is 0 Å². The number of allylic oxidation sites excluding steroid dienone is 3. The molecule has 0 aromatic carbocycles. The van der Waals surface area contributed by atoms with Gasteiger partial charge >= 0.3 is 5.97 Å². The summed E-state index contributed by atoms with van der Waals surface area (Å²) in [6, 6.07) is 0. The molecular formula is C12H14O5. The van der Waals surface area contributed by atoms with Gasteiger partial charge in [-0.3, -0.25) is 14.4 Å². The molecule has 92 valence electrons. The van der Waals surface area contributed by atoms with E-state index in [1.165, 1.54) is 13.8 Å². The molecule has 0 heterocycles. The molecule has 1 aliphatic rings. The summed E-state index contributed by atoms with van der Waals surface area (Å²) in [7, 11) is 1.16. The number of ether oxygens (including phenoxy) is 1. The monoisotopic (exact) mass is 238 g/mol. The molecule has 5 nitrogen and oxygen atoms in total. The standard InChI is InChI=1S/C12H14O5/c1-6-4-10(15)8(5-9(6)14)11(7(2)13)12(16)17-3/h4-5,7,11,13H,1-3H3. The number of aliphatic hydroxyl groups excluding tert-OH is 1. The zero-order valence-electron chi connectivity index (χ0n) is 9.89. The highest BCUT2D eigenvalue weighted by atomic mass is 16.5. The van der Waals surface area contributed by atoms with Crippen LogP contribution in [0, 0.1) is 5.92 Å². The zero-order chi connectivity index (χ0) is 13.2. The molecule has 0 radical (unpaired) electrons. The van der Waals surface area contributed by atoms with Crippen LogP contribution < -0.4 is 0 Å². The van der Waals surface area contributed by atoms with Crippen molar-refractivity contribution >= 4 is 17.5 Å². The fourth-order valence-electron chi connectivity index (χ4n) is 1.63. The van der Waals surface area contributed by atoms with Crippen LogP contribution in [0.15, 0.2) is 23.3 Å². The summed E-state index contributed by atoms with van der Waals surface area (Å²) in [6.45, 7) is 2.88. The Morgan fingerprint density at radius 1 is 1.29 bits per heavy atom. The number of methoxy groups -OCH3 is 1. The van der Waals surface area contributed by atoms with Gasteiger partial charge in [0, 0.05) is 11.1 Å². The van der Waals surface area contributed by atoms with Crippen LogP contribution in [0.4, 0.5) is 0 Å². The van der Waals surface area contributed by atoms with Gasteiger partial charge in [-0.25, -0.2) is 0 Å². The Morgan fingerprint density at radius 3 is 2.35 bits per heavy atom. The van der Waals surface area contributed by atoms with Crippen molar-refractivity contribution in [3.63, 3.8) is 0 Å². The highest BCUT2D eigenvalue weighted by Gasteiger charge is 2.34. The maximum absolute atomic E-state index is 11.7. The lowest BCUT2D eigenvalue weighted by Gasteiger charge is -2.20. The van der Waals surface area contributed by atoms with Crippen molar-refractivity contribution in [1.29, 1.82) is 0 Å². The first-order valence-corrected chi connectivity index (χ1v) is 5.13. The Morgan fingerprint density at radius 2 is 1.88 bits per heavy atom. The fourth-order valence-corrected chi connectivity index (χ4v) is 1.63. The number of carbonyl (C=O) groups excluding carboxylic acids is 3. The van der Waals surface area contributed by atoms with Gasteiger partial charge in [0.15, 0.2) is 11.6 Å². The van der Waals surface area contributed by atoms with Crippen molar-refractivity contribution in [1.82, 2.24) is 0 Å². The quantitative estimate of drug-likeness (QED) is 0.560. The minimum absolute atomic E-state index is 0.0255. The number of aliphatic hydroxyl groups is 1. The number of hydrogen-bond acceptors (Lipinski definition) is 5. The normalized spacial score (nSPS) is 19.3. The molecule has 0 aromatic rings. The molecule has 17 heavy (non-hydrogen) atoms. The number of carbonyl (C=O) groups is 3. The molecule has 0 amide bonds. The van der Waals surface area contributed by atoms with E-state index in [2.05, 4.69) is 4.74 Å². The minimum atomic E-state index is -1.12. The Bertz CT molecular complexity index is 428. The topological polar surface area (TPSA) is 80.7 Å². The highest BCUT2D eigenvalue weighted by molar-refractivity contribution is 6.21. The van der Waals surface area contributed by atoms with Crippen LogP contribution in [0.2, 0.25) is 0 Å². The van der Waals surface area contributed by atoms with E-state index in [1.54, 1.807) is 0 Å². The average molecular weight is 238 g/mol. The van der Waals surface area contributed by atoms with Gasteiger partial charge in [0.05, 0.1) is 13.2 Å². The largest absolute Gasteiger partial charge is 0.468 e. The fraction of sp³-hybridized carbons (Fsp3) is 0.417. The maximum atomic E-state index is 11.7. The molecule has 0 fully saturated rings. The van der Waals surface area contributed by atoms with Crippen LogP contribution in [0.25, 0.3) is 0 Å². The van der Waals surface area contributed by atoms with E-state index in [1.807, 2.05) is 0 Å². The van der Waals surface area contributed by atoms with E-state index in [-0.39, 0.29) is 11.4 Å². The molecule has 1 aliphatic carbocycles. The second kappa shape index (κ2) is 5.05. The van der Waals surface area contributed by atoms with Gasteiger partial charge in [-0.1, -0.05) is 0 Å². The van der Waals surface area contributed by atoms with Crippen LogP contribution in [0.3, 0.4) is 0 Å². The third-order valence-corrected chi connectivity index (χ3v) is 2.58. The number of rotatable bonds is 3. The molecular weight excluding hydrogens is 224 g/mol. The molecule has 0 aromatic heterocycles. The Hall–Kier alpha value is -1.75. The van der Waals surface area contributed by atoms with Crippen molar-refractivity contribution in [3.05, 3.63) is 23.3 Å². The summed E-state index contributed by atoms with van der Waals surface area (Å²) in [5.41, 5.74) is 0.287. The van der Waals surface area contributed by atoms with E-state index in [4.69, 9.17) is 0 Å². The molecule has 0 saturated carbocycles. The van der Waals surface area contributed by atoms with E-state index < -0.39 is 23.8 Å². The second-order valence-electron chi connectivity index (χ2n) is 3.90. The summed E-state index contributed by atoms with van der Waals surface area (Å²) >= 11 is 0. The van der Waals surface area contributed by atoms with E-state index in [0.717, 1.165) is 19.3 Å². The molecule has 5 heteroatoms. The molecule has 2 unspecified atom stereocenters. The Balaban J connectivity index is 3.13.